The van der Waals surface area contributed by atoms with Gasteiger partial charge < -0.3 is 20.5 Å². The van der Waals surface area contributed by atoms with Gasteiger partial charge in [-0.05, 0) is 31.2 Å². The summed E-state index contributed by atoms with van der Waals surface area (Å²) in [6.07, 6.45) is 3.07. The number of ether oxygens (including phenoxy) is 2. The zero-order chi connectivity index (χ0) is 15.1. The maximum absolute atomic E-state index is 11.8. The molecule has 1 aliphatic carbocycles. The first kappa shape index (κ1) is 15.8. The van der Waals surface area contributed by atoms with Crippen molar-refractivity contribution >= 4 is 6.09 Å². The molecule has 0 saturated heterocycles. The van der Waals surface area contributed by atoms with Crippen LogP contribution in [0.5, 0.6) is 0 Å². The van der Waals surface area contributed by atoms with Crippen LogP contribution in [0.4, 0.5) is 4.79 Å². The first-order valence-electron chi connectivity index (χ1n) is 7.36. The van der Waals surface area contributed by atoms with Gasteiger partial charge in [-0.25, -0.2) is 4.79 Å². The van der Waals surface area contributed by atoms with E-state index in [1.165, 1.54) is 0 Å². The third-order valence-corrected chi connectivity index (χ3v) is 3.95. The third-order valence-electron chi connectivity index (χ3n) is 3.95. The normalized spacial score (nSPS) is 25.3. The second-order valence-corrected chi connectivity index (χ2v) is 5.78. The van der Waals surface area contributed by atoms with E-state index in [0.717, 1.165) is 31.2 Å². The zero-order valence-electron chi connectivity index (χ0n) is 12.5. The van der Waals surface area contributed by atoms with Gasteiger partial charge >= 0.3 is 6.09 Å². The molecule has 5 heteroatoms. The number of benzene rings is 1. The summed E-state index contributed by atoms with van der Waals surface area (Å²) >= 11 is 0. The number of carbonyl (C=O) groups excluding carboxylic acids is 1. The van der Waals surface area contributed by atoms with E-state index in [4.69, 9.17) is 15.2 Å². The molecule has 0 aliphatic heterocycles. The highest BCUT2D eigenvalue weighted by Crippen LogP contribution is 2.26. The summed E-state index contributed by atoms with van der Waals surface area (Å²) in [6.45, 7) is 0.863. The Balaban J connectivity index is 1.70. The highest BCUT2D eigenvalue weighted by molar-refractivity contribution is 5.67. The summed E-state index contributed by atoms with van der Waals surface area (Å²) in [5.74, 6) is 0. The predicted octanol–water partition coefficient (Wildman–Crippen LogP) is 2.20. The minimum absolute atomic E-state index is 0.141. The number of amides is 1. The van der Waals surface area contributed by atoms with Crippen LogP contribution < -0.4 is 11.1 Å². The number of alkyl carbamates (subject to hydrolysis) is 1. The molecular formula is C16H24N2O3. The standard InChI is InChI=1S/C16H24N2O3/c1-20-12-16(17)9-7-14(8-10-16)18-15(19)21-11-13-5-3-2-4-6-13/h2-6,14H,7-12,17H2,1H3,(H,18,19)/t14-,16+. The Bertz CT molecular complexity index is 442. The van der Waals surface area contributed by atoms with Crippen molar-refractivity contribution in [1.29, 1.82) is 0 Å². The van der Waals surface area contributed by atoms with Crippen LogP contribution in [-0.2, 0) is 16.1 Å². The molecular weight excluding hydrogens is 268 g/mol. The SMILES string of the molecule is COC[C@]1(N)CC[C@@H](NC(=O)OCc2ccccc2)CC1. The van der Waals surface area contributed by atoms with Crippen LogP contribution in [-0.4, -0.2) is 31.4 Å². The second-order valence-electron chi connectivity index (χ2n) is 5.78. The molecule has 0 radical (unpaired) electrons. The number of hydrogen-bond donors (Lipinski definition) is 2. The van der Waals surface area contributed by atoms with E-state index in [2.05, 4.69) is 5.32 Å². The van der Waals surface area contributed by atoms with Crippen molar-refractivity contribution < 1.29 is 14.3 Å². The maximum Gasteiger partial charge on any atom is 0.407 e. The number of methoxy groups -OCH3 is 1. The van der Waals surface area contributed by atoms with Crippen molar-refractivity contribution in [2.75, 3.05) is 13.7 Å². The quantitative estimate of drug-likeness (QED) is 0.872. The molecule has 0 aromatic heterocycles. The van der Waals surface area contributed by atoms with Crippen LogP contribution in [0.3, 0.4) is 0 Å². The Labute approximate surface area is 125 Å². The third kappa shape index (κ3) is 5.02. The van der Waals surface area contributed by atoms with Crippen LogP contribution in [0.2, 0.25) is 0 Å². The van der Waals surface area contributed by atoms with Gasteiger partial charge in [0.05, 0.1) is 6.61 Å². The fraction of sp³-hybridized carbons (Fsp3) is 0.562. The molecule has 1 fully saturated rings. The second kappa shape index (κ2) is 7.43. The average Bonchev–Trinajstić information content (AvgIpc) is 2.49. The summed E-state index contributed by atoms with van der Waals surface area (Å²) in [7, 11) is 1.67. The van der Waals surface area contributed by atoms with Gasteiger partial charge in [-0.2, -0.15) is 0 Å². The predicted molar refractivity (Wildman–Crippen MR) is 80.8 cm³/mol. The van der Waals surface area contributed by atoms with E-state index in [-0.39, 0.29) is 17.7 Å². The van der Waals surface area contributed by atoms with E-state index in [1.807, 2.05) is 30.3 Å². The van der Waals surface area contributed by atoms with Crippen LogP contribution >= 0.6 is 0 Å². The monoisotopic (exact) mass is 292 g/mol. The van der Waals surface area contributed by atoms with Crippen molar-refractivity contribution in [1.82, 2.24) is 5.32 Å². The maximum atomic E-state index is 11.8. The Morgan fingerprint density at radius 2 is 2.00 bits per heavy atom. The highest BCUT2D eigenvalue weighted by Gasteiger charge is 2.32. The Kier molecular flexibility index (Phi) is 5.59. The molecule has 116 valence electrons. The van der Waals surface area contributed by atoms with Gasteiger partial charge in [0.15, 0.2) is 0 Å². The lowest BCUT2D eigenvalue weighted by Crippen LogP contribution is -2.51. The Morgan fingerprint density at radius 1 is 1.33 bits per heavy atom. The molecule has 1 saturated carbocycles. The lowest BCUT2D eigenvalue weighted by Gasteiger charge is -2.36. The number of nitrogens with one attached hydrogen (secondary N) is 1. The summed E-state index contributed by atoms with van der Waals surface area (Å²) in [4.78, 5) is 11.8. The van der Waals surface area contributed by atoms with Crippen molar-refractivity contribution in [3.8, 4) is 0 Å². The summed E-state index contributed by atoms with van der Waals surface area (Å²) in [5, 5.41) is 2.91. The highest BCUT2D eigenvalue weighted by atomic mass is 16.5. The van der Waals surface area contributed by atoms with Crippen molar-refractivity contribution in [2.24, 2.45) is 5.73 Å². The van der Waals surface area contributed by atoms with Gasteiger partial charge in [0.1, 0.15) is 6.61 Å². The van der Waals surface area contributed by atoms with Gasteiger partial charge in [0.25, 0.3) is 0 Å². The van der Waals surface area contributed by atoms with Crippen LogP contribution in [0.25, 0.3) is 0 Å². The van der Waals surface area contributed by atoms with Gasteiger partial charge in [-0.3, -0.25) is 0 Å². The molecule has 1 aromatic carbocycles. The summed E-state index contributed by atoms with van der Waals surface area (Å²) in [6, 6.07) is 9.79. The van der Waals surface area contributed by atoms with Gasteiger partial charge in [-0.1, -0.05) is 30.3 Å². The molecule has 5 nitrogen and oxygen atoms in total. The topological polar surface area (TPSA) is 73.6 Å². The minimum Gasteiger partial charge on any atom is -0.445 e. The van der Waals surface area contributed by atoms with Crippen LogP contribution in [0.15, 0.2) is 30.3 Å². The fourth-order valence-corrected chi connectivity index (χ4v) is 2.70. The summed E-state index contributed by atoms with van der Waals surface area (Å²) in [5.41, 5.74) is 6.96. The Hall–Kier alpha value is -1.59. The number of carbonyl (C=O) groups is 1. The minimum atomic E-state index is -0.361. The van der Waals surface area contributed by atoms with E-state index in [0.29, 0.717) is 13.2 Å². The van der Waals surface area contributed by atoms with E-state index < -0.39 is 0 Å². The molecule has 1 aromatic rings. The molecule has 0 spiro atoms. The van der Waals surface area contributed by atoms with Crippen LogP contribution in [0, 0.1) is 0 Å². The first-order valence-corrected chi connectivity index (χ1v) is 7.36. The van der Waals surface area contributed by atoms with Crippen molar-refractivity contribution in [3.05, 3.63) is 35.9 Å². The molecule has 3 N–H and O–H groups in total. The largest absolute Gasteiger partial charge is 0.445 e. The van der Waals surface area contributed by atoms with Gasteiger partial charge in [-0.15, -0.1) is 0 Å². The smallest absolute Gasteiger partial charge is 0.407 e. The molecule has 0 heterocycles. The fourth-order valence-electron chi connectivity index (χ4n) is 2.70. The van der Waals surface area contributed by atoms with Crippen molar-refractivity contribution in [3.63, 3.8) is 0 Å². The lowest BCUT2D eigenvalue weighted by atomic mass is 9.81. The summed E-state index contributed by atoms with van der Waals surface area (Å²) < 4.78 is 10.4. The van der Waals surface area contributed by atoms with E-state index >= 15 is 0 Å². The number of rotatable bonds is 5. The molecule has 0 atom stereocenters. The van der Waals surface area contributed by atoms with Gasteiger partial charge in [0, 0.05) is 18.7 Å². The molecule has 0 bridgehead atoms. The molecule has 2 rings (SSSR count). The van der Waals surface area contributed by atoms with E-state index in [1.54, 1.807) is 7.11 Å². The van der Waals surface area contributed by atoms with E-state index in [9.17, 15) is 4.79 Å². The zero-order valence-corrected chi connectivity index (χ0v) is 12.5. The number of hydrogen-bond acceptors (Lipinski definition) is 4. The molecule has 0 unspecified atom stereocenters. The van der Waals surface area contributed by atoms with Crippen LogP contribution in [0.1, 0.15) is 31.2 Å². The lowest BCUT2D eigenvalue weighted by molar-refractivity contribution is 0.0949. The average molecular weight is 292 g/mol. The first-order chi connectivity index (χ1) is 10.1. The Morgan fingerprint density at radius 3 is 2.62 bits per heavy atom. The molecule has 1 amide bonds. The number of nitrogens with two attached hydrogens (primary N) is 1. The van der Waals surface area contributed by atoms with Crippen molar-refractivity contribution in [2.45, 2.75) is 43.9 Å². The molecule has 1 aliphatic rings. The molecule has 21 heavy (non-hydrogen) atoms. The van der Waals surface area contributed by atoms with Gasteiger partial charge in [0.2, 0.25) is 0 Å².